The Bertz CT molecular complexity index is 1010. The van der Waals surface area contributed by atoms with Crippen LogP contribution in [0.15, 0.2) is 48.5 Å². The van der Waals surface area contributed by atoms with Gasteiger partial charge >= 0.3 is 5.97 Å². The SMILES string of the molecule is CCN(CC)Cc1ccc(Cc2ccc(CCOC(=O)c3ccc([N+](=O)[O-])cc3)s2)s1. The lowest BCUT2D eigenvalue weighted by Crippen LogP contribution is -2.21. The zero-order valence-corrected chi connectivity index (χ0v) is 19.3. The van der Waals surface area contributed by atoms with Crippen molar-refractivity contribution in [2.45, 2.75) is 33.2 Å². The van der Waals surface area contributed by atoms with E-state index in [9.17, 15) is 14.9 Å². The molecule has 0 bridgehead atoms. The molecular formula is C23H26N2O4S2. The highest BCUT2D eigenvalue weighted by Crippen LogP contribution is 2.25. The van der Waals surface area contributed by atoms with Crippen LogP contribution in [0.2, 0.25) is 0 Å². The molecule has 0 N–H and O–H groups in total. The number of non-ortho nitro benzene ring substituents is 1. The standard InChI is InChI=1S/C23H26N2O4S2/c1-3-24(4-2)16-22-12-11-21(31-22)15-20-10-9-19(30-20)13-14-29-23(26)17-5-7-18(8-6-17)25(27)28/h5-12H,3-4,13-16H2,1-2H3. The second-order valence-electron chi connectivity index (χ2n) is 7.06. The number of carbonyl (C=O) groups is 1. The zero-order chi connectivity index (χ0) is 22.2. The van der Waals surface area contributed by atoms with Crippen molar-refractivity contribution in [2.24, 2.45) is 0 Å². The van der Waals surface area contributed by atoms with Gasteiger partial charge in [-0.1, -0.05) is 13.8 Å². The smallest absolute Gasteiger partial charge is 0.338 e. The molecule has 0 radical (unpaired) electrons. The summed E-state index contributed by atoms with van der Waals surface area (Å²) in [5, 5.41) is 10.7. The molecular weight excluding hydrogens is 432 g/mol. The minimum absolute atomic E-state index is 0.0476. The number of nitrogens with zero attached hydrogens (tertiary/aromatic N) is 2. The summed E-state index contributed by atoms with van der Waals surface area (Å²) in [6.45, 7) is 7.79. The Balaban J connectivity index is 1.46. The molecule has 0 aliphatic rings. The Hall–Kier alpha value is -2.55. The van der Waals surface area contributed by atoms with Crippen LogP contribution < -0.4 is 0 Å². The van der Waals surface area contributed by atoms with Crippen LogP contribution in [-0.2, 0) is 24.1 Å². The number of hydrogen-bond acceptors (Lipinski definition) is 7. The van der Waals surface area contributed by atoms with Gasteiger partial charge in [-0.25, -0.2) is 4.79 Å². The van der Waals surface area contributed by atoms with Crippen molar-refractivity contribution in [3.8, 4) is 0 Å². The summed E-state index contributed by atoms with van der Waals surface area (Å²) in [7, 11) is 0. The van der Waals surface area contributed by atoms with Gasteiger partial charge in [0.05, 0.1) is 17.1 Å². The van der Waals surface area contributed by atoms with Gasteiger partial charge in [0, 0.05) is 51.0 Å². The molecule has 1 aromatic carbocycles. The molecule has 0 atom stereocenters. The molecule has 0 amide bonds. The Morgan fingerprint density at radius 2 is 1.52 bits per heavy atom. The number of nitro benzene ring substituents is 1. The Labute approximate surface area is 190 Å². The predicted molar refractivity (Wildman–Crippen MR) is 125 cm³/mol. The number of thiophene rings is 2. The summed E-state index contributed by atoms with van der Waals surface area (Å²) in [6.07, 6.45) is 1.58. The van der Waals surface area contributed by atoms with E-state index in [1.54, 1.807) is 11.3 Å². The fraction of sp³-hybridized carbons (Fsp3) is 0.348. The molecule has 8 heteroatoms. The molecule has 2 heterocycles. The maximum Gasteiger partial charge on any atom is 0.338 e. The third-order valence-corrected chi connectivity index (χ3v) is 7.17. The van der Waals surface area contributed by atoms with Gasteiger partial charge in [-0.3, -0.25) is 15.0 Å². The van der Waals surface area contributed by atoms with Crippen LogP contribution in [-0.4, -0.2) is 35.5 Å². The summed E-state index contributed by atoms with van der Waals surface area (Å²) in [6, 6.07) is 14.1. The van der Waals surface area contributed by atoms with Gasteiger partial charge in [-0.15, -0.1) is 22.7 Å². The van der Waals surface area contributed by atoms with E-state index in [4.69, 9.17) is 4.74 Å². The first-order valence-corrected chi connectivity index (χ1v) is 11.9. The number of benzene rings is 1. The number of hydrogen-bond donors (Lipinski definition) is 0. The Morgan fingerprint density at radius 1 is 0.935 bits per heavy atom. The van der Waals surface area contributed by atoms with Crippen molar-refractivity contribution in [1.82, 2.24) is 4.90 Å². The van der Waals surface area contributed by atoms with E-state index in [0.29, 0.717) is 12.0 Å². The lowest BCUT2D eigenvalue weighted by molar-refractivity contribution is -0.384. The molecule has 0 spiro atoms. The van der Waals surface area contributed by atoms with Crippen molar-refractivity contribution in [3.63, 3.8) is 0 Å². The fourth-order valence-corrected chi connectivity index (χ4v) is 5.34. The molecule has 3 aromatic rings. The lowest BCUT2D eigenvalue weighted by Gasteiger charge is -2.16. The van der Waals surface area contributed by atoms with Crippen LogP contribution in [0, 0.1) is 10.1 Å². The van der Waals surface area contributed by atoms with E-state index < -0.39 is 10.9 Å². The van der Waals surface area contributed by atoms with E-state index in [2.05, 4.69) is 43.0 Å². The lowest BCUT2D eigenvalue weighted by atomic mass is 10.2. The van der Waals surface area contributed by atoms with Crippen LogP contribution in [0.4, 0.5) is 5.69 Å². The number of esters is 1. The average Bonchev–Trinajstić information content (AvgIpc) is 3.41. The summed E-state index contributed by atoms with van der Waals surface area (Å²) in [4.78, 5) is 29.9. The first kappa shape index (κ1) is 23.1. The van der Waals surface area contributed by atoms with Crippen molar-refractivity contribution < 1.29 is 14.5 Å². The summed E-state index contributed by atoms with van der Waals surface area (Å²) in [5.74, 6) is -0.467. The monoisotopic (exact) mass is 458 g/mol. The highest BCUT2D eigenvalue weighted by molar-refractivity contribution is 7.13. The normalized spacial score (nSPS) is 11.1. The first-order chi connectivity index (χ1) is 15.0. The van der Waals surface area contributed by atoms with Crippen molar-refractivity contribution in [3.05, 3.63) is 83.7 Å². The molecule has 0 aliphatic carbocycles. The molecule has 3 rings (SSSR count). The average molecular weight is 459 g/mol. The largest absolute Gasteiger partial charge is 0.462 e. The van der Waals surface area contributed by atoms with Crippen LogP contribution in [0.1, 0.15) is 43.7 Å². The zero-order valence-electron chi connectivity index (χ0n) is 17.7. The summed E-state index contributed by atoms with van der Waals surface area (Å²) in [5.41, 5.74) is 0.268. The van der Waals surface area contributed by atoms with Crippen LogP contribution >= 0.6 is 22.7 Å². The predicted octanol–water partition coefficient (Wildman–Crippen LogP) is 5.55. The second kappa shape index (κ2) is 11.2. The number of nitro groups is 1. The van der Waals surface area contributed by atoms with E-state index >= 15 is 0 Å². The molecule has 164 valence electrons. The van der Waals surface area contributed by atoms with Gasteiger partial charge < -0.3 is 4.74 Å². The minimum Gasteiger partial charge on any atom is -0.462 e. The molecule has 0 saturated carbocycles. The van der Waals surface area contributed by atoms with Gasteiger partial charge in [-0.2, -0.15) is 0 Å². The minimum atomic E-state index is -0.495. The summed E-state index contributed by atoms with van der Waals surface area (Å²) >= 11 is 3.61. The highest BCUT2D eigenvalue weighted by atomic mass is 32.1. The Morgan fingerprint density at radius 3 is 2.13 bits per heavy atom. The molecule has 31 heavy (non-hydrogen) atoms. The van der Waals surface area contributed by atoms with Gasteiger partial charge in [0.25, 0.3) is 5.69 Å². The van der Waals surface area contributed by atoms with Crippen LogP contribution in [0.5, 0.6) is 0 Å². The molecule has 0 aliphatic heterocycles. The fourth-order valence-electron chi connectivity index (χ4n) is 3.14. The second-order valence-corrected chi connectivity index (χ2v) is 9.57. The molecule has 0 unspecified atom stereocenters. The molecule has 2 aromatic heterocycles. The van der Waals surface area contributed by atoms with Gasteiger partial charge in [0.2, 0.25) is 0 Å². The number of ether oxygens (including phenoxy) is 1. The number of carbonyl (C=O) groups excluding carboxylic acids is 1. The maximum atomic E-state index is 12.1. The third-order valence-electron chi connectivity index (χ3n) is 4.95. The third kappa shape index (κ3) is 6.72. The van der Waals surface area contributed by atoms with Crippen molar-refractivity contribution >= 4 is 34.3 Å². The van der Waals surface area contributed by atoms with Gasteiger partial charge in [0.1, 0.15) is 0 Å². The van der Waals surface area contributed by atoms with Gasteiger partial charge in [-0.05, 0) is 49.5 Å². The van der Waals surface area contributed by atoms with Crippen molar-refractivity contribution in [2.75, 3.05) is 19.7 Å². The van der Waals surface area contributed by atoms with E-state index in [-0.39, 0.29) is 12.3 Å². The summed E-state index contributed by atoms with van der Waals surface area (Å²) < 4.78 is 5.32. The highest BCUT2D eigenvalue weighted by Gasteiger charge is 2.11. The van der Waals surface area contributed by atoms with Crippen LogP contribution in [0.3, 0.4) is 0 Å². The Kier molecular flexibility index (Phi) is 8.34. The first-order valence-electron chi connectivity index (χ1n) is 10.3. The number of rotatable bonds is 11. The quantitative estimate of drug-likeness (QED) is 0.214. The van der Waals surface area contributed by atoms with Crippen LogP contribution in [0.25, 0.3) is 0 Å². The van der Waals surface area contributed by atoms with Gasteiger partial charge in [0.15, 0.2) is 0 Å². The maximum absolute atomic E-state index is 12.1. The molecule has 0 saturated heterocycles. The topological polar surface area (TPSA) is 72.7 Å². The van der Waals surface area contributed by atoms with E-state index in [1.807, 2.05) is 11.3 Å². The van der Waals surface area contributed by atoms with E-state index in [0.717, 1.165) is 26.1 Å². The molecule has 6 nitrogen and oxygen atoms in total. The van der Waals surface area contributed by atoms with Crippen molar-refractivity contribution in [1.29, 1.82) is 0 Å². The van der Waals surface area contributed by atoms with E-state index in [1.165, 1.54) is 43.8 Å². The molecule has 0 fully saturated rings.